The highest BCUT2D eigenvalue weighted by Crippen LogP contribution is 2.29. The zero-order chi connectivity index (χ0) is 20.9. The summed E-state index contributed by atoms with van der Waals surface area (Å²) in [5.74, 6) is 0.391. The fraction of sp³-hybridized carbons (Fsp3) is 0.0870. The molecule has 0 fully saturated rings. The lowest BCUT2D eigenvalue weighted by Crippen LogP contribution is -2.29. The fourth-order valence-corrected chi connectivity index (χ4v) is 3.28. The Morgan fingerprint density at radius 3 is 2.57 bits per heavy atom. The van der Waals surface area contributed by atoms with Gasteiger partial charge in [-0.15, -0.1) is 0 Å². The Kier molecular flexibility index (Phi) is 5.86. The highest BCUT2D eigenvalue weighted by Gasteiger charge is 2.12. The third-order valence-corrected chi connectivity index (χ3v) is 4.84. The number of nitrogens with zero attached hydrogens (tertiary/aromatic N) is 2. The standard InChI is InChI=1S/C23H18ClFN4O/c24-19-10-3-1-8-17(19)22-28-20-11-4-2-9-18(20)21(29-22)26-12-13-27-23(30)15-6-5-7-16(25)14-15/h1-11,14H,12-13H2,(H,27,30)(H,26,28,29). The van der Waals surface area contributed by atoms with Crippen molar-refractivity contribution < 1.29 is 9.18 Å². The van der Waals surface area contributed by atoms with Crippen LogP contribution < -0.4 is 10.6 Å². The normalized spacial score (nSPS) is 10.7. The van der Waals surface area contributed by atoms with Gasteiger partial charge in [-0.1, -0.05) is 41.9 Å². The molecule has 1 heterocycles. The van der Waals surface area contributed by atoms with Crippen LogP contribution in [0, 0.1) is 5.82 Å². The van der Waals surface area contributed by atoms with E-state index in [4.69, 9.17) is 11.6 Å². The van der Waals surface area contributed by atoms with Crippen LogP contribution in [0.3, 0.4) is 0 Å². The molecular formula is C23H18ClFN4O. The number of aromatic nitrogens is 2. The molecular weight excluding hydrogens is 403 g/mol. The number of benzene rings is 3. The monoisotopic (exact) mass is 420 g/mol. The summed E-state index contributed by atoms with van der Waals surface area (Å²) in [7, 11) is 0. The molecule has 1 amide bonds. The van der Waals surface area contributed by atoms with Crippen LogP contribution in [0.4, 0.5) is 10.2 Å². The third kappa shape index (κ3) is 4.39. The van der Waals surface area contributed by atoms with Crippen molar-refractivity contribution in [1.29, 1.82) is 0 Å². The highest BCUT2D eigenvalue weighted by molar-refractivity contribution is 6.33. The Hall–Kier alpha value is -3.51. The van der Waals surface area contributed by atoms with E-state index in [1.807, 2.05) is 42.5 Å². The van der Waals surface area contributed by atoms with Crippen molar-refractivity contribution in [3.05, 3.63) is 89.2 Å². The Morgan fingerprint density at radius 1 is 0.933 bits per heavy atom. The Labute approximate surface area is 177 Å². The summed E-state index contributed by atoms with van der Waals surface area (Å²) in [6.07, 6.45) is 0. The number of carbonyl (C=O) groups is 1. The molecule has 3 aromatic carbocycles. The van der Waals surface area contributed by atoms with Crippen LogP contribution in [-0.4, -0.2) is 29.0 Å². The maximum absolute atomic E-state index is 13.3. The fourth-order valence-electron chi connectivity index (χ4n) is 3.06. The maximum Gasteiger partial charge on any atom is 0.251 e. The smallest absolute Gasteiger partial charge is 0.251 e. The lowest BCUT2D eigenvalue weighted by Gasteiger charge is -2.12. The van der Waals surface area contributed by atoms with Crippen molar-refractivity contribution in [2.75, 3.05) is 18.4 Å². The second-order valence-corrected chi connectivity index (χ2v) is 6.99. The summed E-state index contributed by atoms with van der Waals surface area (Å²) >= 11 is 6.32. The lowest BCUT2D eigenvalue weighted by atomic mass is 10.2. The first-order chi connectivity index (χ1) is 14.6. The molecule has 0 atom stereocenters. The van der Waals surface area contributed by atoms with Gasteiger partial charge in [0.05, 0.1) is 10.5 Å². The maximum atomic E-state index is 13.3. The summed E-state index contributed by atoms with van der Waals surface area (Å²) in [4.78, 5) is 21.4. The predicted molar refractivity (Wildman–Crippen MR) is 117 cm³/mol. The first-order valence-electron chi connectivity index (χ1n) is 9.41. The Balaban J connectivity index is 1.51. The first kappa shape index (κ1) is 19.8. The molecule has 2 N–H and O–H groups in total. The number of rotatable bonds is 6. The zero-order valence-corrected chi connectivity index (χ0v) is 16.7. The van der Waals surface area contributed by atoms with E-state index in [2.05, 4.69) is 20.6 Å². The van der Waals surface area contributed by atoms with Crippen molar-refractivity contribution in [2.45, 2.75) is 0 Å². The van der Waals surface area contributed by atoms with Crippen LogP contribution in [0.5, 0.6) is 0 Å². The summed E-state index contributed by atoms with van der Waals surface area (Å²) in [5, 5.41) is 7.46. The van der Waals surface area contributed by atoms with Crippen LogP contribution in [0.2, 0.25) is 5.02 Å². The molecule has 5 nitrogen and oxygen atoms in total. The minimum absolute atomic E-state index is 0.281. The van der Waals surface area contributed by atoms with Gasteiger partial charge in [0.1, 0.15) is 11.6 Å². The van der Waals surface area contributed by atoms with E-state index in [1.165, 1.54) is 18.2 Å². The number of para-hydroxylation sites is 1. The van der Waals surface area contributed by atoms with Crippen LogP contribution in [-0.2, 0) is 0 Å². The zero-order valence-electron chi connectivity index (χ0n) is 15.9. The van der Waals surface area contributed by atoms with Gasteiger partial charge in [0, 0.05) is 29.6 Å². The SMILES string of the molecule is O=C(NCCNc1nc(-c2ccccc2Cl)nc2ccccc12)c1cccc(F)c1. The van der Waals surface area contributed by atoms with E-state index in [-0.39, 0.29) is 11.5 Å². The Morgan fingerprint density at radius 2 is 1.73 bits per heavy atom. The molecule has 0 aliphatic rings. The lowest BCUT2D eigenvalue weighted by molar-refractivity contribution is 0.0954. The molecule has 0 saturated carbocycles. The average Bonchev–Trinajstić information content (AvgIpc) is 2.76. The van der Waals surface area contributed by atoms with E-state index in [1.54, 1.807) is 12.1 Å². The molecule has 4 rings (SSSR count). The minimum Gasteiger partial charge on any atom is -0.368 e. The second-order valence-electron chi connectivity index (χ2n) is 6.59. The molecule has 0 radical (unpaired) electrons. The van der Waals surface area contributed by atoms with E-state index >= 15 is 0 Å². The number of hydrogen-bond donors (Lipinski definition) is 2. The number of amides is 1. The van der Waals surface area contributed by atoms with Crippen LogP contribution in [0.1, 0.15) is 10.4 Å². The molecule has 0 spiro atoms. The number of halogens is 2. The third-order valence-electron chi connectivity index (χ3n) is 4.51. The van der Waals surface area contributed by atoms with Crippen molar-refractivity contribution in [2.24, 2.45) is 0 Å². The number of carbonyl (C=O) groups excluding carboxylic acids is 1. The van der Waals surface area contributed by atoms with Gasteiger partial charge in [0.2, 0.25) is 0 Å². The predicted octanol–water partition coefficient (Wildman–Crippen LogP) is 4.93. The van der Waals surface area contributed by atoms with Gasteiger partial charge in [0.15, 0.2) is 5.82 Å². The van der Waals surface area contributed by atoms with Gasteiger partial charge in [-0.25, -0.2) is 14.4 Å². The number of hydrogen-bond acceptors (Lipinski definition) is 4. The van der Waals surface area contributed by atoms with Gasteiger partial charge in [-0.3, -0.25) is 4.79 Å². The second kappa shape index (κ2) is 8.88. The molecule has 7 heteroatoms. The van der Waals surface area contributed by atoms with Crippen molar-refractivity contribution >= 4 is 34.2 Å². The topological polar surface area (TPSA) is 66.9 Å². The van der Waals surface area contributed by atoms with Crippen LogP contribution in [0.25, 0.3) is 22.3 Å². The van der Waals surface area contributed by atoms with Gasteiger partial charge in [-0.05, 0) is 42.5 Å². The van der Waals surface area contributed by atoms with E-state index in [0.717, 1.165) is 16.5 Å². The summed E-state index contributed by atoms with van der Waals surface area (Å²) in [5.41, 5.74) is 1.81. The largest absolute Gasteiger partial charge is 0.368 e. The molecule has 150 valence electrons. The summed E-state index contributed by atoms with van der Waals surface area (Å²) in [6, 6.07) is 20.7. The molecule has 4 aromatic rings. The molecule has 0 bridgehead atoms. The molecule has 1 aromatic heterocycles. The van der Waals surface area contributed by atoms with Crippen LogP contribution >= 0.6 is 11.6 Å². The van der Waals surface area contributed by atoms with E-state index in [9.17, 15) is 9.18 Å². The first-order valence-corrected chi connectivity index (χ1v) is 9.79. The molecule has 0 unspecified atom stereocenters. The molecule has 0 aliphatic carbocycles. The molecule has 30 heavy (non-hydrogen) atoms. The van der Waals surface area contributed by atoms with Gasteiger partial charge in [0.25, 0.3) is 5.91 Å². The number of fused-ring (bicyclic) bond motifs is 1. The molecule has 0 aliphatic heterocycles. The summed E-state index contributed by atoms with van der Waals surface area (Å²) in [6.45, 7) is 0.777. The summed E-state index contributed by atoms with van der Waals surface area (Å²) < 4.78 is 13.3. The van der Waals surface area contributed by atoms with Crippen LogP contribution in [0.15, 0.2) is 72.8 Å². The van der Waals surface area contributed by atoms with Crippen molar-refractivity contribution in [3.8, 4) is 11.4 Å². The van der Waals surface area contributed by atoms with Gasteiger partial charge >= 0.3 is 0 Å². The minimum atomic E-state index is -0.444. The Bertz CT molecular complexity index is 1210. The van der Waals surface area contributed by atoms with E-state index < -0.39 is 5.82 Å². The number of nitrogens with one attached hydrogen (secondary N) is 2. The van der Waals surface area contributed by atoms with Gasteiger partial charge < -0.3 is 10.6 Å². The van der Waals surface area contributed by atoms with Crippen molar-refractivity contribution in [1.82, 2.24) is 15.3 Å². The number of anilines is 1. The molecule has 0 saturated heterocycles. The van der Waals surface area contributed by atoms with E-state index in [0.29, 0.717) is 29.8 Å². The van der Waals surface area contributed by atoms with Gasteiger partial charge in [-0.2, -0.15) is 0 Å². The van der Waals surface area contributed by atoms with Crippen molar-refractivity contribution in [3.63, 3.8) is 0 Å². The quantitative estimate of drug-likeness (QED) is 0.434. The highest BCUT2D eigenvalue weighted by atomic mass is 35.5. The average molecular weight is 421 g/mol.